The molecule has 4 atom stereocenters. The lowest BCUT2D eigenvalue weighted by molar-refractivity contribution is 0.0150. The third-order valence-corrected chi connectivity index (χ3v) is 4.03. The van der Waals surface area contributed by atoms with Crippen LogP contribution in [0.4, 0.5) is 4.39 Å². The lowest BCUT2D eigenvalue weighted by Gasteiger charge is -2.18. The monoisotopic (exact) mass is 222 g/mol. The fourth-order valence-electron chi connectivity index (χ4n) is 1.63. The summed E-state index contributed by atoms with van der Waals surface area (Å²) in [7, 11) is 0. The molecule has 0 aromatic rings. The largest absolute Gasteiger partial charge is 0.387 e. The summed E-state index contributed by atoms with van der Waals surface area (Å²) in [6.07, 6.45) is 2.75. The zero-order valence-electron chi connectivity index (χ0n) is 9.11. The van der Waals surface area contributed by atoms with Crippen LogP contribution < -0.4 is 0 Å². The van der Waals surface area contributed by atoms with Gasteiger partial charge in [0, 0.05) is 0 Å². The van der Waals surface area contributed by atoms with Crippen molar-refractivity contribution in [2.45, 2.75) is 37.8 Å². The Balaban J connectivity index is 2.44. The number of rotatable bonds is 3. The van der Waals surface area contributed by atoms with Crippen molar-refractivity contribution in [3.05, 3.63) is 0 Å². The SMILES string of the molecule is C=P(C)(C)CCC1O[C@@H](C)[C@H](F)[C@@H]1O. The minimum Gasteiger partial charge on any atom is -0.387 e. The molecule has 0 aliphatic carbocycles. The minimum absolute atomic E-state index is 0.332. The number of halogens is 1. The van der Waals surface area contributed by atoms with Crippen LogP contribution in [0.1, 0.15) is 13.3 Å². The molecule has 1 heterocycles. The average Bonchev–Trinajstić information content (AvgIpc) is 2.28. The number of hydrogen-bond acceptors (Lipinski definition) is 2. The Labute approximate surface area is 85.4 Å². The van der Waals surface area contributed by atoms with Gasteiger partial charge in [0.25, 0.3) is 0 Å². The van der Waals surface area contributed by atoms with Crippen LogP contribution >= 0.6 is 6.89 Å². The molecular weight excluding hydrogens is 202 g/mol. The molecule has 0 aromatic carbocycles. The van der Waals surface area contributed by atoms with Gasteiger partial charge >= 0.3 is 0 Å². The van der Waals surface area contributed by atoms with Crippen molar-refractivity contribution in [1.82, 2.24) is 0 Å². The molecule has 14 heavy (non-hydrogen) atoms. The van der Waals surface area contributed by atoms with Crippen molar-refractivity contribution in [2.24, 2.45) is 0 Å². The molecule has 0 saturated carbocycles. The van der Waals surface area contributed by atoms with Crippen LogP contribution in [-0.4, -0.2) is 55.4 Å². The zero-order chi connectivity index (χ0) is 10.9. The van der Waals surface area contributed by atoms with Crippen LogP contribution in [0.2, 0.25) is 0 Å². The highest BCUT2D eigenvalue weighted by Gasteiger charge is 2.41. The van der Waals surface area contributed by atoms with E-state index in [4.69, 9.17) is 4.74 Å². The minimum atomic E-state index is -1.23. The van der Waals surface area contributed by atoms with Gasteiger partial charge < -0.3 is 9.84 Å². The second kappa shape index (κ2) is 4.34. The molecule has 0 aromatic heterocycles. The third-order valence-electron chi connectivity index (χ3n) is 2.56. The summed E-state index contributed by atoms with van der Waals surface area (Å²) in [4.78, 5) is 0. The van der Waals surface area contributed by atoms with Crippen molar-refractivity contribution in [3.8, 4) is 0 Å². The molecule has 1 N–H and O–H groups in total. The Bertz CT molecular complexity index is 238. The number of aliphatic hydroxyl groups excluding tert-OH is 1. The van der Waals surface area contributed by atoms with E-state index in [0.717, 1.165) is 12.6 Å². The maximum absolute atomic E-state index is 13.2. The standard InChI is InChI=1S/C10H20FO2P/c1-7-9(11)10(12)8(13-7)5-6-14(2,3)4/h7-10,12H,2,5-6H2,1,3-4H3/t7-,8?,9-,10+/m0/s1. The van der Waals surface area contributed by atoms with E-state index >= 15 is 0 Å². The van der Waals surface area contributed by atoms with E-state index in [1.807, 2.05) is 0 Å². The molecular formula is C10H20FO2P. The Morgan fingerprint density at radius 1 is 1.50 bits per heavy atom. The van der Waals surface area contributed by atoms with Crippen molar-refractivity contribution in [3.63, 3.8) is 0 Å². The van der Waals surface area contributed by atoms with Gasteiger partial charge in [-0.3, -0.25) is 0 Å². The second-order valence-corrected chi connectivity index (χ2v) is 9.08. The predicted octanol–water partition coefficient (Wildman–Crippen LogP) is 1.57. The molecule has 1 rings (SSSR count). The smallest absolute Gasteiger partial charge is 0.154 e. The topological polar surface area (TPSA) is 29.5 Å². The Morgan fingerprint density at radius 3 is 2.43 bits per heavy atom. The fraction of sp³-hybridized carbons (Fsp3) is 0.900. The molecule has 2 nitrogen and oxygen atoms in total. The molecule has 4 heteroatoms. The fourth-order valence-corrected chi connectivity index (χ4v) is 2.58. The van der Waals surface area contributed by atoms with Gasteiger partial charge in [-0.25, -0.2) is 4.39 Å². The molecule has 1 aliphatic heterocycles. The highest BCUT2D eigenvalue weighted by molar-refractivity contribution is 7.72. The van der Waals surface area contributed by atoms with E-state index < -0.39 is 25.3 Å². The first-order valence-electron chi connectivity index (χ1n) is 4.96. The summed E-state index contributed by atoms with van der Waals surface area (Å²) in [6, 6.07) is 0. The molecule has 1 fully saturated rings. The molecule has 0 amide bonds. The molecule has 0 radical (unpaired) electrons. The van der Waals surface area contributed by atoms with Crippen LogP contribution in [0.3, 0.4) is 0 Å². The summed E-state index contributed by atoms with van der Waals surface area (Å²) in [5, 5.41) is 9.52. The van der Waals surface area contributed by atoms with E-state index in [1.54, 1.807) is 6.92 Å². The van der Waals surface area contributed by atoms with Crippen LogP contribution in [0, 0.1) is 0 Å². The van der Waals surface area contributed by atoms with E-state index in [-0.39, 0.29) is 6.10 Å². The summed E-state index contributed by atoms with van der Waals surface area (Å²) < 4.78 is 18.5. The van der Waals surface area contributed by atoms with Gasteiger partial charge in [0.05, 0.1) is 12.2 Å². The summed E-state index contributed by atoms with van der Waals surface area (Å²) in [6.45, 7) is 4.83. The first kappa shape index (κ1) is 12.2. The number of alkyl halides is 1. The van der Waals surface area contributed by atoms with Crippen LogP contribution in [-0.2, 0) is 4.74 Å². The molecule has 0 bridgehead atoms. The number of ether oxygens (including phenoxy) is 1. The summed E-state index contributed by atoms with van der Waals surface area (Å²) in [5.74, 6) is 0. The molecule has 84 valence electrons. The van der Waals surface area contributed by atoms with Crippen LogP contribution in [0.5, 0.6) is 0 Å². The Kier molecular flexibility index (Phi) is 3.79. The van der Waals surface area contributed by atoms with Crippen LogP contribution in [0.25, 0.3) is 0 Å². The quantitative estimate of drug-likeness (QED) is 0.734. The van der Waals surface area contributed by atoms with E-state index in [1.165, 1.54) is 0 Å². The zero-order valence-corrected chi connectivity index (χ0v) is 10.0. The highest BCUT2D eigenvalue weighted by atomic mass is 31.2. The van der Waals surface area contributed by atoms with Gasteiger partial charge in [-0.2, -0.15) is 0 Å². The normalized spacial score (nSPS) is 38.9. The van der Waals surface area contributed by atoms with E-state index in [0.29, 0.717) is 0 Å². The second-order valence-electron chi connectivity index (χ2n) is 4.76. The third kappa shape index (κ3) is 3.08. The maximum atomic E-state index is 13.2. The first-order valence-corrected chi connectivity index (χ1v) is 8.01. The molecule has 1 unspecified atom stereocenters. The van der Waals surface area contributed by atoms with Crippen molar-refractivity contribution < 1.29 is 14.2 Å². The van der Waals surface area contributed by atoms with Crippen molar-refractivity contribution in [2.75, 3.05) is 19.5 Å². The van der Waals surface area contributed by atoms with Crippen LogP contribution in [0.15, 0.2) is 0 Å². The van der Waals surface area contributed by atoms with Gasteiger partial charge in [-0.15, -0.1) is 13.2 Å². The van der Waals surface area contributed by atoms with Gasteiger partial charge in [0.2, 0.25) is 0 Å². The van der Waals surface area contributed by atoms with Gasteiger partial charge in [0.15, 0.2) is 6.17 Å². The highest BCUT2D eigenvalue weighted by Crippen LogP contribution is 2.38. The molecule has 1 aliphatic rings. The van der Waals surface area contributed by atoms with Gasteiger partial charge in [-0.1, -0.05) is 0 Å². The van der Waals surface area contributed by atoms with Gasteiger partial charge in [-0.05, 0) is 32.8 Å². The van der Waals surface area contributed by atoms with Crippen molar-refractivity contribution in [1.29, 1.82) is 0 Å². The molecule has 1 saturated heterocycles. The Hall–Kier alpha value is 0.150. The number of hydrogen-bond donors (Lipinski definition) is 1. The summed E-state index contributed by atoms with van der Waals surface area (Å²) >= 11 is 0. The maximum Gasteiger partial charge on any atom is 0.154 e. The van der Waals surface area contributed by atoms with Crippen molar-refractivity contribution >= 4 is 13.2 Å². The predicted molar refractivity (Wildman–Crippen MR) is 60.6 cm³/mol. The van der Waals surface area contributed by atoms with E-state index in [9.17, 15) is 9.50 Å². The van der Waals surface area contributed by atoms with E-state index in [2.05, 4.69) is 19.6 Å². The first-order chi connectivity index (χ1) is 6.31. The van der Waals surface area contributed by atoms with Gasteiger partial charge in [0.1, 0.15) is 6.10 Å². The lowest BCUT2D eigenvalue weighted by atomic mass is 10.1. The summed E-state index contributed by atoms with van der Waals surface area (Å²) in [5.41, 5.74) is 0. The Morgan fingerprint density at radius 2 is 2.07 bits per heavy atom. The average molecular weight is 222 g/mol. The molecule has 0 spiro atoms. The lowest BCUT2D eigenvalue weighted by Crippen LogP contribution is -2.28. The number of aliphatic hydroxyl groups is 1.